The molecule has 5 nitrogen and oxygen atoms in total. The first-order valence-corrected chi connectivity index (χ1v) is 7.96. The molecule has 0 aromatic heterocycles. The van der Waals surface area contributed by atoms with Crippen LogP contribution in [0.5, 0.6) is 11.5 Å². The number of amides is 1. The normalized spacial score (nSPS) is 14.1. The summed E-state index contributed by atoms with van der Waals surface area (Å²) < 4.78 is 11.0. The largest absolute Gasteiger partial charge is 0.493 e. The number of benzene rings is 1. The van der Waals surface area contributed by atoms with E-state index < -0.39 is 0 Å². The number of nitrogens with zero attached hydrogens (tertiary/aromatic N) is 2. The molecule has 1 fully saturated rings. The first kappa shape index (κ1) is 16.5. The van der Waals surface area contributed by atoms with Crippen LogP contribution in [0, 0.1) is 0 Å². The van der Waals surface area contributed by atoms with E-state index >= 15 is 0 Å². The molecule has 0 atom stereocenters. The summed E-state index contributed by atoms with van der Waals surface area (Å²) in [5.41, 5.74) is 1.61. The van der Waals surface area contributed by atoms with Crippen molar-refractivity contribution in [2.24, 2.45) is 0 Å². The summed E-state index contributed by atoms with van der Waals surface area (Å²) in [6.07, 6.45) is 2.33. The number of hydrogen-bond donors (Lipinski definition) is 0. The summed E-state index contributed by atoms with van der Waals surface area (Å²) in [4.78, 5) is 16.7. The Morgan fingerprint density at radius 1 is 1.14 bits per heavy atom. The molecule has 1 aliphatic heterocycles. The summed E-state index contributed by atoms with van der Waals surface area (Å²) in [5.74, 6) is 1.36. The number of methoxy groups -OCH3 is 2. The third-order valence-electron chi connectivity index (χ3n) is 4.20. The highest BCUT2D eigenvalue weighted by atomic mass is 16.5. The highest BCUT2D eigenvalue weighted by molar-refractivity contribution is 5.96. The number of carbonyl (C=O) groups is 1. The molecule has 1 heterocycles. The summed E-state index contributed by atoms with van der Waals surface area (Å²) in [7, 11) is 3.25. The van der Waals surface area contributed by atoms with Crippen LogP contribution in [0.4, 0.5) is 5.69 Å². The van der Waals surface area contributed by atoms with Crippen LogP contribution in [0.2, 0.25) is 0 Å². The lowest BCUT2D eigenvalue weighted by Crippen LogP contribution is -2.30. The van der Waals surface area contributed by atoms with Gasteiger partial charge in [-0.3, -0.25) is 4.79 Å². The summed E-state index contributed by atoms with van der Waals surface area (Å²) in [6.45, 7) is 7.35. The molecule has 2 rings (SSSR count). The maximum absolute atomic E-state index is 12.7. The van der Waals surface area contributed by atoms with Crippen LogP contribution in [0.15, 0.2) is 12.1 Å². The van der Waals surface area contributed by atoms with E-state index in [9.17, 15) is 4.79 Å². The van der Waals surface area contributed by atoms with Crippen molar-refractivity contribution in [2.75, 3.05) is 45.3 Å². The van der Waals surface area contributed by atoms with Gasteiger partial charge in [-0.05, 0) is 38.8 Å². The van der Waals surface area contributed by atoms with Crippen molar-refractivity contribution in [2.45, 2.75) is 26.7 Å². The van der Waals surface area contributed by atoms with Gasteiger partial charge in [0.25, 0.3) is 5.91 Å². The molecule has 0 bridgehead atoms. The molecule has 22 heavy (non-hydrogen) atoms. The first-order chi connectivity index (χ1) is 10.7. The number of anilines is 1. The molecule has 122 valence electrons. The molecular weight excluding hydrogens is 280 g/mol. The molecule has 1 aliphatic rings. The second kappa shape index (κ2) is 7.38. The maximum Gasteiger partial charge on any atom is 0.254 e. The number of rotatable bonds is 6. The molecule has 5 heteroatoms. The topological polar surface area (TPSA) is 42.0 Å². The molecular formula is C17H26N2O3. The third-order valence-corrected chi connectivity index (χ3v) is 4.20. The Balaban J connectivity index is 2.47. The van der Waals surface area contributed by atoms with Crippen LogP contribution in [0.25, 0.3) is 0 Å². The van der Waals surface area contributed by atoms with E-state index in [0.29, 0.717) is 30.2 Å². The summed E-state index contributed by atoms with van der Waals surface area (Å²) in [6, 6.07) is 3.71. The Hall–Kier alpha value is -1.91. The van der Waals surface area contributed by atoms with Gasteiger partial charge in [0.15, 0.2) is 11.5 Å². The Labute approximate surface area is 132 Å². The van der Waals surface area contributed by atoms with Crippen molar-refractivity contribution in [3.05, 3.63) is 17.7 Å². The van der Waals surface area contributed by atoms with Gasteiger partial charge in [-0.15, -0.1) is 0 Å². The smallest absolute Gasteiger partial charge is 0.254 e. The first-order valence-electron chi connectivity index (χ1n) is 7.96. The second-order valence-corrected chi connectivity index (χ2v) is 5.40. The van der Waals surface area contributed by atoms with Gasteiger partial charge in [0.2, 0.25) is 0 Å². The van der Waals surface area contributed by atoms with Crippen molar-refractivity contribution < 1.29 is 14.3 Å². The monoisotopic (exact) mass is 306 g/mol. The van der Waals surface area contributed by atoms with E-state index in [2.05, 4.69) is 4.90 Å². The number of hydrogen-bond acceptors (Lipinski definition) is 4. The fraction of sp³-hybridized carbons (Fsp3) is 0.588. The van der Waals surface area contributed by atoms with Gasteiger partial charge < -0.3 is 19.3 Å². The second-order valence-electron chi connectivity index (χ2n) is 5.40. The Kier molecular flexibility index (Phi) is 5.52. The Morgan fingerprint density at radius 3 is 2.27 bits per heavy atom. The third kappa shape index (κ3) is 3.13. The predicted molar refractivity (Wildman–Crippen MR) is 88.2 cm³/mol. The van der Waals surface area contributed by atoms with E-state index in [1.54, 1.807) is 20.3 Å². The predicted octanol–water partition coefficient (Wildman–Crippen LogP) is 2.79. The fourth-order valence-corrected chi connectivity index (χ4v) is 2.95. The minimum atomic E-state index is 0.0337. The lowest BCUT2D eigenvalue weighted by Gasteiger charge is -2.25. The molecule has 0 aliphatic carbocycles. The van der Waals surface area contributed by atoms with Crippen LogP contribution in [-0.2, 0) is 0 Å². The molecule has 0 spiro atoms. The SMILES string of the molecule is CCN(CC)C(=O)c1cc(OC)c(OC)c(N2CCCC2)c1. The Bertz CT molecular complexity index is 521. The van der Waals surface area contributed by atoms with Crippen LogP contribution < -0.4 is 14.4 Å². The molecule has 1 saturated heterocycles. The van der Waals surface area contributed by atoms with E-state index in [-0.39, 0.29) is 5.91 Å². The maximum atomic E-state index is 12.7. The van der Waals surface area contributed by atoms with Gasteiger partial charge >= 0.3 is 0 Å². The van der Waals surface area contributed by atoms with Gasteiger partial charge in [0, 0.05) is 31.7 Å². The van der Waals surface area contributed by atoms with Crippen LogP contribution in [0.3, 0.4) is 0 Å². The van der Waals surface area contributed by atoms with E-state index in [4.69, 9.17) is 9.47 Å². The van der Waals surface area contributed by atoms with Crippen LogP contribution >= 0.6 is 0 Å². The highest BCUT2D eigenvalue weighted by Crippen LogP contribution is 2.40. The molecule has 1 amide bonds. The zero-order valence-electron chi connectivity index (χ0n) is 14.0. The van der Waals surface area contributed by atoms with Crippen LogP contribution in [-0.4, -0.2) is 51.2 Å². The zero-order valence-corrected chi connectivity index (χ0v) is 14.0. The lowest BCUT2D eigenvalue weighted by molar-refractivity contribution is 0.0772. The standard InChI is InChI=1S/C17H26N2O3/c1-5-18(6-2)17(20)13-11-14(19-9-7-8-10-19)16(22-4)15(12-13)21-3/h11-12H,5-10H2,1-4H3. The van der Waals surface area contributed by atoms with Gasteiger partial charge in [-0.25, -0.2) is 0 Å². The van der Waals surface area contributed by atoms with Crippen molar-refractivity contribution in [1.29, 1.82) is 0 Å². The zero-order chi connectivity index (χ0) is 16.1. The molecule has 0 unspecified atom stereocenters. The van der Waals surface area contributed by atoms with E-state index in [0.717, 1.165) is 18.8 Å². The molecule has 1 aromatic rings. The lowest BCUT2D eigenvalue weighted by atomic mass is 10.1. The fourth-order valence-electron chi connectivity index (χ4n) is 2.95. The highest BCUT2D eigenvalue weighted by Gasteiger charge is 2.23. The molecule has 0 saturated carbocycles. The molecule has 1 aromatic carbocycles. The summed E-state index contributed by atoms with van der Waals surface area (Å²) >= 11 is 0. The Morgan fingerprint density at radius 2 is 1.77 bits per heavy atom. The quantitative estimate of drug-likeness (QED) is 0.810. The minimum Gasteiger partial charge on any atom is -0.493 e. The average molecular weight is 306 g/mol. The number of carbonyl (C=O) groups excluding carboxylic acids is 1. The van der Waals surface area contributed by atoms with Crippen molar-refractivity contribution >= 4 is 11.6 Å². The average Bonchev–Trinajstić information content (AvgIpc) is 3.08. The molecule has 0 radical (unpaired) electrons. The molecule has 0 N–H and O–H groups in total. The van der Waals surface area contributed by atoms with Gasteiger partial charge in [0.05, 0.1) is 19.9 Å². The van der Waals surface area contributed by atoms with Gasteiger partial charge in [0.1, 0.15) is 0 Å². The van der Waals surface area contributed by atoms with Gasteiger partial charge in [-0.1, -0.05) is 0 Å². The van der Waals surface area contributed by atoms with Crippen molar-refractivity contribution in [3.63, 3.8) is 0 Å². The summed E-state index contributed by atoms with van der Waals surface area (Å²) in [5, 5.41) is 0. The van der Waals surface area contributed by atoms with Gasteiger partial charge in [-0.2, -0.15) is 0 Å². The minimum absolute atomic E-state index is 0.0337. The van der Waals surface area contributed by atoms with Crippen LogP contribution in [0.1, 0.15) is 37.0 Å². The van der Waals surface area contributed by atoms with Crippen molar-refractivity contribution in [3.8, 4) is 11.5 Å². The number of ether oxygens (including phenoxy) is 2. The van der Waals surface area contributed by atoms with Crippen molar-refractivity contribution in [1.82, 2.24) is 4.90 Å². The van der Waals surface area contributed by atoms with E-state index in [1.165, 1.54) is 12.8 Å². The van der Waals surface area contributed by atoms with E-state index in [1.807, 2.05) is 24.8 Å².